The lowest BCUT2D eigenvalue weighted by atomic mass is 10.0. The number of aromatic nitrogens is 1. The van der Waals surface area contributed by atoms with Crippen LogP contribution in [0.5, 0.6) is 0 Å². The molecule has 2 aromatic rings. The van der Waals surface area contributed by atoms with Crippen molar-refractivity contribution in [3.05, 3.63) is 58.1 Å². The lowest BCUT2D eigenvalue weighted by molar-refractivity contribution is 0.620. The van der Waals surface area contributed by atoms with Crippen molar-refractivity contribution in [3.63, 3.8) is 0 Å². The summed E-state index contributed by atoms with van der Waals surface area (Å²) in [6, 6.07) is 10.7. The third kappa shape index (κ3) is 3.53. The second-order valence-electron chi connectivity index (χ2n) is 4.43. The van der Waals surface area contributed by atoms with Gasteiger partial charge in [-0.1, -0.05) is 19.1 Å². The first-order valence-corrected chi connectivity index (χ1v) is 7.04. The highest BCUT2D eigenvalue weighted by molar-refractivity contribution is 9.10. The zero-order valence-corrected chi connectivity index (χ0v) is 12.5. The molecule has 1 heterocycles. The summed E-state index contributed by atoms with van der Waals surface area (Å²) in [6.45, 7) is 4.02. The summed E-state index contributed by atoms with van der Waals surface area (Å²) in [5.74, 6) is -0.205. The smallest absolute Gasteiger partial charge is 0.123 e. The van der Waals surface area contributed by atoms with Crippen LogP contribution in [0.3, 0.4) is 0 Å². The van der Waals surface area contributed by atoms with Gasteiger partial charge < -0.3 is 5.32 Å². The van der Waals surface area contributed by atoms with Gasteiger partial charge in [-0.05, 0) is 59.1 Å². The first-order chi connectivity index (χ1) is 9.10. The average Bonchev–Trinajstić information content (AvgIpc) is 2.38. The van der Waals surface area contributed by atoms with Crippen molar-refractivity contribution in [3.8, 4) is 0 Å². The fourth-order valence-electron chi connectivity index (χ4n) is 2.02. The average molecular weight is 323 g/mol. The molecule has 0 fully saturated rings. The molecule has 0 amide bonds. The maximum absolute atomic E-state index is 13.3. The van der Waals surface area contributed by atoms with E-state index in [0.717, 1.165) is 28.0 Å². The highest BCUT2D eigenvalue weighted by atomic mass is 79.9. The molecule has 1 aromatic heterocycles. The van der Waals surface area contributed by atoms with E-state index in [4.69, 9.17) is 0 Å². The van der Waals surface area contributed by atoms with Gasteiger partial charge in [-0.2, -0.15) is 0 Å². The summed E-state index contributed by atoms with van der Waals surface area (Å²) in [7, 11) is 0. The molecule has 2 rings (SSSR count). The number of pyridine rings is 1. The molecule has 0 aliphatic carbocycles. The molecule has 1 aromatic carbocycles. The largest absolute Gasteiger partial charge is 0.377 e. The van der Waals surface area contributed by atoms with E-state index in [1.165, 1.54) is 6.07 Å². The van der Waals surface area contributed by atoms with Gasteiger partial charge in [-0.25, -0.2) is 9.37 Å². The first kappa shape index (κ1) is 14.0. The maximum atomic E-state index is 13.3. The molecule has 100 valence electrons. The molecular weight excluding hydrogens is 307 g/mol. The van der Waals surface area contributed by atoms with Crippen molar-refractivity contribution >= 4 is 21.6 Å². The second kappa shape index (κ2) is 6.15. The molecule has 0 bridgehead atoms. The minimum absolute atomic E-state index is 0.0809. The molecular formula is C15H16BrFN2. The van der Waals surface area contributed by atoms with E-state index in [9.17, 15) is 4.39 Å². The number of hydrogen-bond donors (Lipinski definition) is 1. The molecule has 19 heavy (non-hydrogen) atoms. The number of aryl methyl sites for hydroxylation is 1. The molecule has 1 N–H and O–H groups in total. The van der Waals surface area contributed by atoms with Gasteiger partial charge in [0, 0.05) is 0 Å². The third-order valence-electron chi connectivity index (χ3n) is 3.04. The van der Waals surface area contributed by atoms with Crippen molar-refractivity contribution in [1.82, 2.24) is 4.98 Å². The third-order valence-corrected chi connectivity index (χ3v) is 3.48. The lowest BCUT2D eigenvalue weighted by Crippen LogP contribution is -2.11. The fraction of sp³-hybridized carbons (Fsp3) is 0.267. The Hall–Kier alpha value is -1.42. The minimum atomic E-state index is -0.205. The van der Waals surface area contributed by atoms with E-state index >= 15 is 0 Å². The normalized spacial score (nSPS) is 12.2. The van der Waals surface area contributed by atoms with Gasteiger partial charge in [0.05, 0.1) is 17.4 Å². The summed E-state index contributed by atoms with van der Waals surface area (Å²) in [5.41, 5.74) is 2.84. The van der Waals surface area contributed by atoms with Crippen molar-refractivity contribution in [2.45, 2.75) is 26.3 Å². The SMILES string of the molecule is CCC(Nc1ccc(Br)nc1C)c1cccc(F)c1. The maximum Gasteiger partial charge on any atom is 0.123 e. The van der Waals surface area contributed by atoms with Crippen molar-refractivity contribution in [2.24, 2.45) is 0 Å². The monoisotopic (exact) mass is 322 g/mol. The highest BCUT2D eigenvalue weighted by Crippen LogP contribution is 2.25. The molecule has 0 saturated heterocycles. The van der Waals surface area contributed by atoms with E-state index < -0.39 is 0 Å². The molecule has 4 heteroatoms. The molecule has 1 unspecified atom stereocenters. The van der Waals surface area contributed by atoms with Gasteiger partial charge in [-0.15, -0.1) is 0 Å². The van der Waals surface area contributed by atoms with E-state index in [-0.39, 0.29) is 11.9 Å². The van der Waals surface area contributed by atoms with Crippen LogP contribution < -0.4 is 5.32 Å². The van der Waals surface area contributed by atoms with Crippen LogP contribution in [-0.2, 0) is 0 Å². The summed E-state index contributed by atoms with van der Waals surface area (Å²) < 4.78 is 14.1. The topological polar surface area (TPSA) is 24.9 Å². The second-order valence-corrected chi connectivity index (χ2v) is 5.24. The quantitative estimate of drug-likeness (QED) is 0.813. The van der Waals surface area contributed by atoms with Crippen LogP contribution in [0, 0.1) is 12.7 Å². The van der Waals surface area contributed by atoms with Gasteiger partial charge in [0.2, 0.25) is 0 Å². The Morgan fingerprint density at radius 1 is 1.32 bits per heavy atom. The summed E-state index contributed by atoms with van der Waals surface area (Å²) in [5, 5.41) is 3.42. The number of hydrogen-bond acceptors (Lipinski definition) is 2. The number of benzene rings is 1. The van der Waals surface area contributed by atoms with E-state index in [1.54, 1.807) is 12.1 Å². The molecule has 0 radical (unpaired) electrons. The number of nitrogens with zero attached hydrogens (tertiary/aromatic N) is 1. The lowest BCUT2D eigenvalue weighted by Gasteiger charge is -2.20. The zero-order chi connectivity index (χ0) is 13.8. The number of halogens is 2. The Morgan fingerprint density at radius 2 is 2.11 bits per heavy atom. The molecule has 0 aliphatic rings. The van der Waals surface area contributed by atoms with Crippen molar-refractivity contribution in [2.75, 3.05) is 5.32 Å². The Bertz CT molecular complexity index is 572. The van der Waals surface area contributed by atoms with Gasteiger partial charge >= 0.3 is 0 Å². The predicted molar refractivity (Wildman–Crippen MR) is 79.7 cm³/mol. The molecule has 2 nitrogen and oxygen atoms in total. The Balaban J connectivity index is 2.24. The minimum Gasteiger partial charge on any atom is -0.377 e. The molecule has 0 saturated carbocycles. The van der Waals surface area contributed by atoms with E-state index in [2.05, 4.69) is 33.2 Å². The molecule has 1 atom stereocenters. The molecule has 0 aliphatic heterocycles. The van der Waals surface area contributed by atoms with Gasteiger partial charge in [0.1, 0.15) is 10.4 Å². The Labute approximate surface area is 121 Å². The van der Waals surface area contributed by atoms with Crippen LogP contribution in [0.4, 0.5) is 10.1 Å². The Kier molecular flexibility index (Phi) is 4.53. The van der Waals surface area contributed by atoms with Crippen LogP contribution in [0.1, 0.15) is 30.6 Å². The molecule has 0 spiro atoms. The van der Waals surface area contributed by atoms with Crippen LogP contribution in [0.2, 0.25) is 0 Å². The van der Waals surface area contributed by atoms with Crippen molar-refractivity contribution in [1.29, 1.82) is 0 Å². The summed E-state index contributed by atoms with van der Waals surface area (Å²) in [4.78, 5) is 4.35. The summed E-state index contributed by atoms with van der Waals surface area (Å²) in [6.07, 6.45) is 0.874. The predicted octanol–water partition coefficient (Wildman–Crippen LogP) is 4.85. The number of rotatable bonds is 4. The zero-order valence-electron chi connectivity index (χ0n) is 11.0. The highest BCUT2D eigenvalue weighted by Gasteiger charge is 2.11. The van der Waals surface area contributed by atoms with E-state index in [1.807, 2.05) is 25.1 Å². The first-order valence-electron chi connectivity index (χ1n) is 6.25. The summed E-state index contributed by atoms with van der Waals surface area (Å²) >= 11 is 3.35. The van der Waals surface area contributed by atoms with Gasteiger partial charge in [0.15, 0.2) is 0 Å². The van der Waals surface area contributed by atoms with Crippen LogP contribution >= 0.6 is 15.9 Å². The van der Waals surface area contributed by atoms with Gasteiger partial charge in [-0.3, -0.25) is 0 Å². The fourth-order valence-corrected chi connectivity index (χ4v) is 2.41. The standard InChI is InChI=1S/C15H16BrFN2/c1-3-13(11-5-4-6-12(17)9-11)19-14-7-8-15(16)18-10(14)2/h4-9,13,19H,3H2,1-2H3. The number of nitrogens with one attached hydrogen (secondary N) is 1. The van der Waals surface area contributed by atoms with Gasteiger partial charge in [0.25, 0.3) is 0 Å². The van der Waals surface area contributed by atoms with Crippen LogP contribution in [-0.4, -0.2) is 4.98 Å². The number of anilines is 1. The Morgan fingerprint density at radius 3 is 2.74 bits per heavy atom. The van der Waals surface area contributed by atoms with E-state index in [0.29, 0.717) is 0 Å². The van der Waals surface area contributed by atoms with Crippen LogP contribution in [0.25, 0.3) is 0 Å². The van der Waals surface area contributed by atoms with Crippen LogP contribution in [0.15, 0.2) is 41.0 Å². The van der Waals surface area contributed by atoms with Crippen molar-refractivity contribution < 1.29 is 4.39 Å².